The summed E-state index contributed by atoms with van der Waals surface area (Å²) in [4.78, 5) is 0. The highest BCUT2D eigenvalue weighted by Crippen LogP contribution is 2.31. The molecule has 3 unspecified atom stereocenters. The van der Waals surface area contributed by atoms with E-state index in [9.17, 15) is 5.11 Å². The Morgan fingerprint density at radius 1 is 1.31 bits per heavy atom. The molecule has 2 aliphatic rings. The van der Waals surface area contributed by atoms with E-state index in [-0.39, 0.29) is 0 Å². The molecule has 3 nitrogen and oxygen atoms in total. The number of rotatable bonds is 1. The molecule has 0 aromatic carbocycles. The van der Waals surface area contributed by atoms with Crippen molar-refractivity contribution in [2.24, 2.45) is 11.8 Å². The minimum Gasteiger partial charge on any atom is -0.389 e. The van der Waals surface area contributed by atoms with Crippen LogP contribution in [0.5, 0.6) is 0 Å². The highest BCUT2D eigenvalue weighted by atomic mass is 16.3. The lowest BCUT2D eigenvalue weighted by molar-refractivity contribution is 0.00611. The van der Waals surface area contributed by atoms with Gasteiger partial charge in [0.2, 0.25) is 0 Å². The third-order valence-corrected chi connectivity index (χ3v) is 3.55. The van der Waals surface area contributed by atoms with Gasteiger partial charge in [-0.2, -0.15) is 0 Å². The van der Waals surface area contributed by atoms with E-state index < -0.39 is 5.60 Å². The number of β-amino-alcohol motifs (C(OH)–C–C–N with tert-alkyl or cyclic N) is 1. The third kappa shape index (κ3) is 1.87. The van der Waals surface area contributed by atoms with E-state index in [1.54, 1.807) is 0 Å². The molecule has 0 radical (unpaired) electrons. The molecular weight excluding hydrogens is 164 g/mol. The second-order valence-electron chi connectivity index (χ2n) is 4.70. The van der Waals surface area contributed by atoms with Gasteiger partial charge in [0.1, 0.15) is 0 Å². The average molecular weight is 184 g/mol. The van der Waals surface area contributed by atoms with Gasteiger partial charge in [-0.05, 0) is 38.8 Å². The molecule has 0 aromatic rings. The molecule has 3 atom stereocenters. The maximum atomic E-state index is 10.1. The molecule has 2 rings (SSSR count). The molecule has 0 aromatic heterocycles. The largest absolute Gasteiger partial charge is 0.389 e. The molecule has 0 amide bonds. The predicted octanol–water partition coefficient (Wildman–Crippen LogP) is -0.0436. The van der Waals surface area contributed by atoms with Crippen LogP contribution >= 0.6 is 0 Å². The van der Waals surface area contributed by atoms with E-state index in [0.29, 0.717) is 11.8 Å². The molecule has 2 saturated heterocycles. The van der Waals surface area contributed by atoms with Crippen LogP contribution in [0, 0.1) is 11.8 Å². The summed E-state index contributed by atoms with van der Waals surface area (Å²) < 4.78 is 0. The smallest absolute Gasteiger partial charge is 0.0786 e. The Morgan fingerprint density at radius 3 is 2.69 bits per heavy atom. The van der Waals surface area contributed by atoms with E-state index >= 15 is 0 Å². The van der Waals surface area contributed by atoms with Crippen LogP contribution in [0.4, 0.5) is 0 Å². The summed E-state index contributed by atoms with van der Waals surface area (Å²) in [6, 6.07) is 0. The third-order valence-electron chi connectivity index (χ3n) is 3.55. The van der Waals surface area contributed by atoms with E-state index in [1.165, 1.54) is 12.8 Å². The zero-order chi connectivity index (χ0) is 9.31. The van der Waals surface area contributed by atoms with Gasteiger partial charge in [-0.3, -0.25) is 0 Å². The first-order valence-corrected chi connectivity index (χ1v) is 5.34. The Bertz CT molecular complexity index is 176. The molecule has 0 bridgehead atoms. The lowest BCUT2D eigenvalue weighted by Gasteiger charge is -2.34. The van der Waals surface area contributed by atoms with Gasteiger partial charge < -0.3 is 15.7 Å². The maximum Gasteiger partial charge on any atom is 0.0786 e. The standard InChI is InChI=1S/C10H20N2O/c1-10(13)7-12-6-9(10)8-3-2-4-11-5-8/h8-9,11-13H,2-7H2,1H3. The lowest BCUT2D eigenvalue weighted by Crippen LogP contribution is -2.44. The van der Waals surface area contributed by atoms with Crippen molar-refractivity contribution in [1.82, 2.24) is 10.6 Å². The molecule has 76 valence electrons. The first-order chi connectivity index (χ1) is 6.20. The fourth-order valence-electron chi connectivity index (χ4n) is 2.73. The summed E-state index contributed by atoms with van der Waals surface area (Å²) in [6.07, 6.45) is 2.53. The predicted molar refractivity (Wildman–Crippen MR) is 52.6 cm³/mol. The van der Waals surface area contributed by atoms with Crippen molar-refractivity contribution in [3.8, 4) is 0 Å². The molecule has 2 fully saturated rings. The summed E-state index contributed by atoms with van der Waals surface area (Å²) in [5, 5.41) is 16.8. The van der Waals surface area contributed by atoms with Gasteiger partial charge in [0, 0.05) is 19.0 Å². The van der Waals surface area contributed by atoms with Crippen molar-refractivity contribution >= 4 is 0 Å². The molecule has 0 aliphatic carbocycles. The van der Waals surface area contributed by atoms with Crippen LogP contribution in [-0.4, -0.2) is 36.9 Å². The van der Waals surface area contributed by atoms with Crippen LogP contribution in [0.3, 0.4) is 0 Å². The Labute approximate surface area is 79.9 Å². The van der Waals surface area contributed by atoms with Gasteiger partial charge in [-0.15, -0.1) is 0 Å². The second-order valence-corrected chi connectivity index (χ2v) is 4.70. The first kappa shape index (κ1) is 9.44. The van der Waals surface area contributed by atoms with Gasteiger partial charge in [0.15, 0.2) is 0 Å². The summed E-state index contributed by atoms with van der Waals surface area (Å²) in [5.41, 5.74) is -0.482. The first-order valence-electron chi connectivity index (χ1n) is 5.34. The number of aliphatic hydroxyl groups is 1. The quantitative estimate of drug-likeness (QED) is 0.535. The monoisotopic (exact) mass is 184 g/mol. The van der Waals surface area contributed by atoms with Gasteiger partial charge in [0.25, 0.3) is 0 Å². The molecule has 3 heteroatoms. The zero-order valence-corrected chi connectivity index (χ0v) is 8.34. The fourth-order valence-corrected chi connectivity index (χ4v) is 2.73. The number of nitrogens with one attached hydrogen (secondary N) is 2. The highest BCUT2D eigenvalue weighted by molar-refractivity contribution is 4.96. The van der Waals surface area contributed by atoms with Crippen LogP contribution in [0.2, 0.25) is 0 Å². The van der Waals surface area contributed by atoms with Gasteiger partial charge in [0.05, 0.1) is 5.60 Å². The average Bonchev–Trinajstić information content (AvgIpc) is 2.47. The molecular formula is C10H20N2O. The van der Waals surface area contributed by atoms with Crippen LogP contribution < -0.4 is 10.6 Å². The van der Waals surface area contributed by atoms with E-state index in [4.69, 9.17) is 0 Å². The Balaban J connectivity index is 1.98. The topological polar surface area (TPSA) is 44.3 Å². The highest BCUT2D eigenvalue weighted by Gasteiger charge is 2.41. The van der Waals surface area contributed by atoms with Crippen molar-refractivity contribution in [3.63, 3.8) is 0 Å². The Kier molecular flexibility index (Phi) is 2.58. The SMILES string of the molecule is CC1(O)CNCC1C1CCCNC1. The zero-order valence-electron chi connectivity index (χ0n) is 8.34. The Morgan fingerprint density at radius 2 is 2.15 bits per heavy atom. The minimum absolute atomic E-state index is 0.445. The van der Waals surface area contributed by atoms with E-state index in [1.807, 2.05) is 6.92 Å². The van der Waals surface area contributed by atoms with Crippen LogP contribution in [0.1, 0.15) is 19.8 Å². The van der Waals surface area contributed by atoms with Crippen LogP contribution in [0.15, 0.2) is 0 Å². The molecule has 3 N–H and O–H groups in total. The molecule has 0 spiro atoms. The van der Waals surface area contributed by atoms with Crippen LogP contribution in [0.25, 0.3) is 0 Å². The molecule has 2 aliphatic heterocycles. The van der Waals surface area contributed by atoms with Crippen molar-refractivity contribution in [2.75, 3.05) is 26.2 Å². The van der Waals surface area contributed by atoms with Gasteiger partial charge in [-0.1, -0.05) is 0 Å². The number of hydrogen-bond donors (Lipinski definition) is 3. The van der Waals surface area contributed by atoms with Crippen molar-refractivity contribution in [1.29, 1.82) is 0 Å². The van der Waals surface area contributed by atoms with E-state index in [0.717, 1.165) is 26.2 Å². The molecule has 13 heavy (non-hydrogen) atoms. The van der Waals surface area contributed by atoms with Crippen molar-refractivity contribution in [3.05, 3.63) is 0 Å². The van der Waals surface area contributed by atoms with Crippen molar-refractivity contribution < 1.29 is 5.11 Å². The minimum atomic E-state index is -0.482. The normalized spacial score (nSPS) is 46.6. The Hall–Kier alpha value is -0.120. The summed E-state index contributed by atoms with van der Waals surface area (Å²) in [6.45, 7) is 5.95. The number of piperidine rings is 1. The molecule has 0 saturated carbocycles. The lowest BCUT2D eigenvalue weighted by atomic mass is 9.78. The fraction of sp³-hybridized carbons (Fsp3) is 1.00. The summed E-state index contributed by atoms with van der Waals surface area (Å²) in [5.74, 6) is 1.11. The number of hydrogen-bond acceptors (Lipinski definition) is 3. The second kappa shape index (κ2) is 3.56. The molecule has 2 heterocycles. The van der Waals surface area contributed by atoms with Gasteiger partial charge in [-0.25, -0.2) is 0 Å². The van der Waals surface area contributed by atoms with Crippen molar-refractivity contribution in [2.45, 2.75) is 25.4 Å². The summed E-state index contributed by atoms with van der Waals surface area (Å²) in [7, 11) is 0. The maximum absolute atomic E-state index is 10.1. The van der Waals surface area contributed by atoms with Crippen LogP contribution in [-0.2, 0) is 0 Å². The van der Waals surface area contributed by atoms with Gasteiger partial charge >= 0.3 is 0 Å². The van der Waals surface area contributed by atoms with E-state index in [2.05, 4.69) is 10.6 Å². The summed E-state index contributed by atoms with van der Waals surface area (Å²) >= 11 is 0.